The standard InChI is InChI=1S/C11H23N3O3S.ClH/c1-3-14(4-2)18(16,17)9-11(15)13-10-6-5-7-12-8-10;/h10,12H,3-9H2,1-2H3,(H,13,15);1H. The molecule has 19 heavy (non-hydrogen) atoms. The van der Waals surface area contributed by atoms with Crippen LogP contribution >= 0.6 is 12.4 Å². The Kier molecular flexibility index (Phi) is 8.56. The van der Waals surface area contributed by atoms with Crippen LogP contribution in [0.4, 0.5) is 0 Å². The van der Waals surface area contributed by atoms with Crippen LogP contribution in [0.1, 0.15) is 26.7 Å². The minimum Gasteiger partial charge on any atom is -0.351 e. The first-order valence-electron chi connectivity index (χ1n) is 6.47. The van der Waals surface area contributed by atoms with Crippen molar-refractivity contribution in [2.75, 3.05) is 31.9 Å². The quantitative estimate of drug-likeness (QED) is 0.720. The summed E-state index contributed by atoms with van der Waals surface area (Å²) in [6.45, 7) is 6.02. The van der Waals surface area contributed by atoms with E-state index in [-0.39, 0.29) is 18.4 Å². The van der Waals surface area contributed by atoms with Crippen LogP contribution in [-0.2, 0) is 14.8 Å². The molecule has 0 spiro atoms. The maximum atomic E-state index is 11.9. The molecule has 2 N–H and O–H groups in total. The molecule has 0 bridgehead atoms. The Morgan fingerprint density at radius 2 is 2.00 bits per heavy atom. The topological polar surface area (TPSA) is 78.5 Å². The van der Waals surface area contributed by atoms with E-state index >= 15 is 0 Å². The number of nitrogens with one attached hydrogen (secondary N) is 2. The zero-order chi connectivity index (χ0) is 13.6. The second kappa shape index (κ2) is 8.73. The van der Waals surface area contributed by atoms with Crippen molar-refractivity contribution in [2.45, 2.75) is 32.7 Å². The molecule has 1 heterocycles. The lowest BCUT2D eigenvalue weighted by atomic mass is 10.1. The smallest absolute Gasteiger partial charge is 0.236 e. The van der Waals surface area contributed by atoms with E-state index in [1.54, 1.807) is 13.8 Å². The molecule has 0 aromatic rings. The SMILES string of the molecule is CCN(CC)S(=O)(=O)CC(=O)NC1CCCNC1.Cl. The number of carbonyl (C=O) groups excluding carboxylic acids is 1. The summed E-state index contributed by atoms with van der Waals surface area (Å²) in [5, 5.41) is 5.94. The maximum Gasteiger partial charge on any atom is 0.236 e. The van der Waals surface area contributed by atoms with Crippen molar-refractivity contribution < 1.29 is 13.2 Å². The van der Waals surface area contributed by atoms with E-state index < -0.39 is 21.7 Å². The van der Waals surface area contributed by atoms with Gasteiger partial charge in [0.15, 0.2) is 0 Å². The summed E-state index contributed by atoms with van der Waals surface area (Å²) >= 11 is 0. The van der Waals surface area contributed by atoms with Crippen molar-refractivity contribution in [2.24, 2.45) is 0 Å². The van der Waals surface area contributed by atoms with Crippen molar-refractivity contribution in [3.8, 4) is 0 Å². The molecule has 6 nitrogen and oxygen atoms in total. The van der Waals surface area contributed by atoms with E-state index in [1.165, 1.54) is 4.31 Å². The summed E-state index contributed by atoms with van der Waals surface area (Å²) < 4.78 is 25.1. The molecular weight excluding hydrogens is 290 g/mol. The van der Waals surface area contributed by atoms with Crippen molar-refractivity contribution in [1.82, 2.24) is 14.9 Å². The van der Waals surface area contributed by atoms with Gasteiger partial charge in [0.05, 0.1) is 0 Å². The number of carbonyl (C=O) groups is 1. The average Bonchev–Trinajstić information content (AvgIpc) is 2.30. The zero-order valence-electron chi connectivity index (χ0n) is 11.5. The van der Waals surface area contributed by atoms with Gasteiger partial charge in [-0.2, -0.15) is 0 Å². The lowest BCUT2D eigenvalue weighted by Crippen LogP contribution is -2.48. The van der Waals surface area contributed by atoms with E-state index in [2.05, 4.69) is 10.6 Å². The third-order valence-electron chi connectivity index (χ3n) is 3.07. The van der Waals surface area contributed by atoms with Crippen LogP contribution in [0.5, 0.6) is 0 Å². The summed E-state index contributed by atoms with van der Waals surface area (Å²) in [7, 11) is -3.47. The van der Waals surface area contributed by atoms with E-state index in [0.29, 0.717) is 13.1 Å². The molecule has 0 aromatic carbocycles. The molecule has 8 heteroatoms. The Bertz CT molecular complexity index is 365. The van der Waals surface area contributed by atoms with Gasteiger partial charge >= 0.3 is 0 Å². The van der Waals surface area contributed by atoms with Crippen molar-refractivity contribution in [1.29, 1.82) is 0 Å². The number of hydrogen-bond donors (Lipinski definition) is 2. The van der Waals surface area contributed by atoms with Gasteiger partial charge in [-0.15, -0.1) is 12.4 Å². The van der Waals surface area contributed by atoms with E-state index in [4.69, 9.17) is 0 Å². The Labute approximate surface area is 121 Å². The van der Waals surface area contributed by atoms with Gasteiger partial charge in [-0.05, 0) is 19.4 Å². The summed E-state index contributed by atoms with van der Waals surface area (Å²) in [5.41, 5.74) is 0. The fraction of sp³-hybridized carbons (Fsp3) is 0.909. The first kappa shape index (κ1) is 18.6. The number of amides is 1. The highest BCUT2D eigenvalue weighted by Crippen LogP contribution is 2.03. The molecule has 1 unspecified atom stereocenters. The molecule has 1 saturated heterocycles. The Morgan fingerprint density at radius 3 is 2.47 bits per heavy atom. The predicted octanol–water partition coefficient (Wildman–Crippen LogP) is -0.0520. The van der Waals surface area contributed by atoms with Gasteiger partial charge in [0.2, 0.25) is 15.9 Å². The van der Waals surface area contributed by atoms with Gasteiger partial charge in [0.1, 0.15) is 5.75 Å². The predicted molar refractivity (Wildman–Crippen MR) is 78.0 cm³/mol. The number of halogens is 1. The number of sulfonamides is 1. The van der Waals surface area contributed by atoms with E-state index in [1.807, 2.05) is 0 Å². The second-order valence-corrected chi connectivity index (χ2v) is 6.42. The molecule has 1 aliphatic heterocycles. The summed E-state index contributed by atoms with van der Waals surface area (Å²) in [4.78, 5) is 11.7. The summed E-state index contributed by atoms with van der Waals surface area (Å²) in [5.74, 6) is -0.860. The lowest BCUT2D eigenvalue weighted by molar-refractivity contribution is -0.119. The van der Waals surface area contributed by atoms with Gasteiger partial charge in [-0.3, -0.25) is 4.79 Å². The molecule has 0 aliphatic carbocycles. The number of hydrogen-bond acceptors (Lipinski definition) is 4. The van der Waals surface area contributed by atoms with Gasteiger partial charge in [-0.25, -0.2) is 12.7 Å². The van der Waals surface area contributed by atoms with Crippen LogP contribution in [0.25, 0.3) is 0 Å². The number of nitrogens with zero attached hydrogens (tertiary/aromatic N) is 1. The normalized spacial score (nSPS) is 19.8. The van der Waals surface area contributed by atoms with Crippen LogP contribution in [0.2, 0.25) is 0 Å². The molecule has 114 valence electrons. The van der Waals surface area contributed by atoms with Crippen molar-refractivity contribution >= 4 is 28.3 Å². The lowest BCUT2D eigenvalue weighted by Gasteiger charge is -2.24. The highest BCUT2D eigenvalue weighted by molar-refractivity contribution is 7.89. The molecule has 0 aromatic heterocycles. The third kappa shape index (κ3) is 6.07. The molecule has 1 fully saturated rings. The third-order valence-corrected chi connectivity index (χ3v) is 5.00. The molecule has 1 amide bonds. The molecule has 1 aliphatic rings. The number of rotatable bonds is 6. The fourth-order valence-corrected chi connectivity index (χ4v) is 3.50. The minimum atomic E-state index is -3.47. The zero-order valence-corrected chi connectivity index (χ0v) is 13.1. The van der Waals surface area contributed by atoms with E-state index in [0.717, 1.165) is 25.9 Å². The minimum absolute atomic E-state index is 0. The highest BCUT2D eigenvalue weighted by Gasteiger charge is 2.24. The molecule has 0 radical (unpaired) electrons. The molecule has 1 rings (SSSR count). The van der Waals surface area contributed by atoms with Crippen LogP contribution in [0, 0.1) is 0 Å². The average molecular weight is 314 g/mol. The maximum absolute atomic E-state index is 11.9. The van der Waals surface area contributed by atoms with Crippen LogP contribution in [0.15, 0.2) is 0 Å². The summed E-state index contributed by atoms with van der Waals surface area (Å²) in [6.07, 6.45) is 1.91. The van der Waals surface area contributed by atoms with Gasteiger partial charge < -0.3 is 10.6 Å². The van der Waals surface area contributed by atoms with Crippen LogP contribution in [0.3, 0.4) is 0 Å². The van der Waals surface area contributed by atoms with Crippen molar-refractivity contribution in [3.05, 3.63) is 0 Å². The number of piperidine rings is 1. The molecule has 1 atom stereocenters. The molecule has 0 saturated carbocycles. The first-order chi connectivity index (χ1) is 8.49. The fourth-order valence-electron chi connectivity index (χ4n) is 2.12. The second-order valence-electron chi connectivity index (χ2n) is 4.45. The van der Waals surface area contributed by atoms with Crippen LogP contribution in [-0.4, -0.2) is 56.6 Å². The summed E-state index contributed by atoms with van der Waals surface area (Å²) in [6, 6.07) is 0.0538. The Hall–Kier alpha value is -0.370. The van der Waals surface area contributed by atoms with Gasteiger partial charge in [0.25, 0.3) is 0 Å². The Balaban J connectivity index is 0.00000324. The van der Waals surface area contributed by atoms with Crippen molar-refractivity contribution in [3.63, 3.8) is 0 Å². The molecular formula is C11H24ClN3O3S. The van der Waals surface area contributed by atoms with E-state index in [9.17, 15) is 13.2 Å². The largest absolute Gasteiger partial charge is 0.351 e. The van der Waals surface area contributed by atoms with Gasteiger partial charge in [-0.1, -0.05) is 13.8 Å². The Morgan fingerprint density at radius 1 is 1.37 bits per heavy atom. The van der Waals surface area contributed by atoms with Gasteiger partial charge in [0, 0.05) is 25.7 Å². The first-order valence-corrected chi connectivity index (χ1v) is 8.08. The highest BCUT2D eigenvalue weighted by atomic mass is 35.5. The monoisotopic (exact) mass is 313 g/mol. The van der Waals surface area contributed by atoms with Crippen LogP contribution < -0.4 is 10.6 Å².